The van der Waals surface area contributed by atoms with Crippen LogP contribution in [0.1, 0.15) is 46.0 Å². The summed E-state index contributed by atoms with van der Waals surface area (Å²) >= 11 is 0. The van der Waals surface area contributed by atoms with Gasteiger partial charge in [0, 0.05) is 38.3 Å². The Labute approximate surface area is 133 Å². The first-order chi connectivity index (χ1) is 10.5. The van der Waals surface area contributed by atoms with Crippen molar-refractivity contribution in [2.45, 2.75) is 58.0 Å². The molecule has 3 saturated heterocycles. The van der Waals surface area contributed by atoms with E-state index >= 15 is 0 Å². The summed E-state index contributed by atoms with van der Waals surface area (Å²) in [5.41, 5.74) is 0. The molecule has 22 heavy (non-hydrogen) atoms. The molecule has 124 valence electrons. The van der Waals surface area contributed by atoms with Gasteiger partial charge in [0.1, 0.15) is 0 Å². The minimum atomic E-state index is -0.275. The summed E-state index contributed by atoms with van der Waals surface area (Å²) in [6, 6.07) is 0.767. The van der Waals surface area contributed by atoms with E-state index in [1.54, 1.807) is 9.80 Å². The highest BCUT2D eigenvalue weighted by atomic mass is 16.2. The number of piperazine rings is 1. The van der Waals surface area contributed by atoms with Crippen LogP contribution in [0.2, 0.25) is 0 Å². The SMILES string of the molecule is CC(C)C1CCCN(C(=O)C(=O)N2CC3CCCC(C2)N3)C1. The highest BCUT2D eigenvalue weighted by Gasteiger charge is 2.37. The number of amides is 2. The van der Waals surface area contributed by atoms with Crippen LogP contribution in [0.25, 0.3) is 0 Å². The summed E-state index contributed by atoms with van der Waals surface area (Å²) < 4.78 is 0. The maximum absolute atomic E-state index is 12.6. The van der Waals surface area contributed by atoms with Gasteiger partial charge in [-0.2, -0.15) is 0 Å². The second-order valence-electron chi connectivity index (χ2n) is 7.60. The summed E-state index contributed by atoms with van der Waals surface area (Å²) in [5.74, 6) is 0.560. The van der Waals surface area contributed by atoms with Gasteiger partial charge in [0.15, 0.2) is 0 Å². The lowest BCUT2D eigenvalue weighted by molar-refractivity contribution is -0.154. The molecular formula is C17H29N3O2. The van der Waals surface area contributed by atoms with Crippen LogP contribution < -0.4 is 5.32 Å². The summed E-state index contributed by atoms with van der Waals surface area (Å²) in [5, 5.41) is 3.56. The maximum atomic E-state index is 12.6. The number of carbonyl (C=O) groups is 2. The van der Waals surface area contributed by atoms with Crippen molar-refractivity contribution in [3.63, 3.8) is 0 Å². The third kappa shape index (κ3) is 3.29. The van der Waals surface area contributed by atoms with Crippen LogP contribution in [0, 0.1) is 11.8 Å². The first-order valence-corrected chi connectivity index (χ1v) is 8.89. The molecule has 3 aliphatic heterocycles. The molecule has 3 rings (SSSR count). The molecule has 0 saturated carbocycles. The Hall–Kier alpha value is -1.10. The molecule has 5 heteroatoms. The summed E-state index contributed by atoms with van der Waals surface area (Å²) in [7, 11) is 0. The Balaban J connectivity index is 1.60. The van der Waals surface area contributed by atoms with Crippen molar-refractivity contribution < 1.29 is 9.59 Å². The van der Waals surface area contributed by atoms with Crippen molar-refractivity contribution >= 4 is 11.8 Å². The average molecular weight is 307 g/mol. The molecule has 0 aromatic rings. The van der Waals surface area contributed by atoms with Gasteiger partial charge >= 0.3 is 11.8 Å². The Morgan fingerprint density at radius 2 is 1.55 bits per heavy atom. The number of nitrogens with zero attached hydrogens (tertiary/aromatic N) is 2. The van der Waals surface area contributed by atoms with Crippen LogP contribution in [-0.2, 0) is 9.59 Å². The van der Waals surface area contributed by atoms with Gasteiger partial charge in [-0.3, -0.25) is 9.59 Å². The lowest BCUT2D eigenvalue weighted by Crippen LogP contribution is -2.62. The van der Waals surface area contributed by atoms with E-state index in [0.717, 1.165) is 32.4 Å². The number of hydrogen-bond acceptors (Lipinski definition) is 3. The van der Waals surface area contributed by atoms with Crippen LogP contribution in [0.4, 0.5) is 0 Å². The van der Waals surface area contributed by atoms with Crippen molar-refractivity contribution in [3.05, 3.63) is 0 Å². The monoisotopic (exact) mass is 307 g/mol. The van der Waals surface area contributed by atoms with Gasteiger partial charge in [0.25, 0.3) is 0 Å². The van der Waals surface area contributed by atoms with Crippen molar-refractivity contribution in [2.24, 2.45) is 11.8 Å². The fourth-order valence-corrected chi connectivity index (χ4v) is 4.18. The fraction of sp³-hybridized carbons (Fsp3) is 0.882. The predicted molar refractivity (Wildman–Crippen MR) is 85.3 cm³/mol. The molecule has 2 bridgehead atoms. The highest BCUT2D eigenvalue weighted by molar-refractivity contribution is 6.35. The number of fused-ring (bicyclic) bond motifs is 2. The highest BCUT2D eigenvalue weighted by Crippen LogP contribution is 2.24. The van der Waals surface area contributed by atoms with E-state index in [-0.39, 0.29) is 11.8 Å². The first kappa shape index (κ1) is 15.8. The van der Waals surface area contributed by atoms with Crippen molar-refractivity contribution in [2.75, 3.05) is 26.2 Å². The topological polar surface area (TPSA) is 52.7 Å². The molecule has 0 aliphatic carbocycles. The number of piperidine rings is 2. The van der Waals surface area contributed by atoms with E-state index in [2.05, 4.69) is 19.2 Å². The predicted octanol–water partition coefficient (Wildman–Crippen LogP) is 1.23. The number of likely N-dealkylation sites (tertiary alicyclic amines) is 2. The van der Waals surface area contributed by atoms with E-state index in [1.807, 2.05) is 0 Å². The molecule has 2 amide bonds. The largest absolute Gasteiger partial charge is 0.334 e. The quantitative estimate of drug-likeness (QED) is 0.742. The van der Waals surface area contributed by atoms with Gasteiger partial charge in [-0.25, -0.2) is 0 Å². The zero-order chi connectivity index (χ0) is 15.7. The molecule has 1 N–H and O–H groups in total. The molecule has 0 aromatic heterocycles. The first-order valence-electron chi connectivity index (χ1n) is 8.89. The molecule has 3 aliphatic rings. The zero-order valence-electron chi connectivity index (χ0n) is 13.9. The standard InChI is InChI=1S/C17H29N3O2/c1-12(2)13-5-4-8-19(9-13)16(21)17(22)20-10-14-6-3-7-15(11-20)18-14/h12-15,18H,3-11H2,1-2H3. The number of rotatable bonds is 1. The van der Waals surface area contributed by atoms with Crippen LogP contribution >= 0.6 is 0 Å². The van der Waals surface area contributed by atoms with E-state index < -0.39 is 0 Å². The van der Waals surface area contributed by atoms with E-state index in [9.17, 15) is 9.59 Å². The van der Waals surface area contributed by atoms with E-state index in [1.165, 1.54) is 12.8 Å². The molecule has 0 aromatic carbocycles. The summed E-state index contributed by atoms with van der Waals surface area (Å²) in [4.78, 5) is 28.8. The van der Waals surface area contributed by atoms with Crippen molar-refractivity contribution in [3.8, 4) is 0 Å². The van der Waals surface area contributed by atoms with Gasteiger partial charge in [-0.15, -0.1) is 0 Å². The third-order valence-corrected chi connectivity index (χ3v) is 5.62. The van der Waals surface area contributed by atoms with Gasteiger partial charge < -0.3 is 15.1 Å². The Kier molecular flexibility index (Phi) is 4.71. The lowest BCUT2D eigenvalue weighted by Gasteiger charge is -2.43. The molecule has 0 spiro atoms. The summed E-state index contributed by atoms with van der Waals surface area (Å²) in [6.45, 7) is 7.30. The molecule has 3 fully saturated rings. The Morgan fingerprint density at radius 3 is 2.18 bits per heavy atom. The summed E-state index contributed by atoms with van der Waals surface area (Å²) in [6.07, 6.45) is 5.67. The average Bonchev–Trinajstić information content (AvgIpc) is 2.53. The van der Waals surface area contributed by atoms with Crippen LogP contribution in [0.5, 0.6) is 0 Å². The smallest absolute Gasteiger partial charge is 0.312 e. The van der Waals surface area contributed by atoms with Crippen LogP contribution in [0.15, 0.2) is 0 Å². The second-order valence-corrected chi connectivity index (χ2v) is 7.60. The van der Waals surface area contributed by atoms with Gasteiger partial charge in [0.05, 0.1) is 0 Å². The Bertz CT molecular complexity index is 426. The van der Waals surface area contributed by atoms with Crippen LogP contribution in [-0.4, -0.2) is 59.9 Å². The molecule has 3 unspecified atom stereocenters. The molecule has 3 atom stereocenters. The minimum Gasteiger partial charge on any atom is -0.334 e. The molecule has 3 heterocycles. The maximum Gasteiger partial charge on any atom is 0.312 e. The fourth-order valence-electron chi connectivity index (χ4n) is 4.18. The Morgan fingerprint density at radius 1 is 0.909 bits per heavy atom. The van der Waals surface area contributed by atoms with E-state index in [4.69, 9.17) is 0 Å². The van der Waals surface area contributed by atoms with E-state index in [0.29, 0.717) is 37.0 Å². The number of carbonyl (C=O) groups excluding carboxylic acids is 2. The van der Waals surface area contributed by atoms with Gasteiger partial charge in [0.2, 0.25) is 0 Å². The molecule has 0 radical (unpaired) electrons. The number of nitrogens with one attached hydrogen (secondary N) is 1. The third-order valence-electron chi connectivity index (χ3n) is 5.62. The zero-order valence-corrected chi connectivity index (χ0v) is 13.9. The number of hydrogen-bond donors (Lipinski definition) is 1. The normalized spacial score (nSPS) is 32.2. The molecular weight excluding hydrogens is 278 g/mol. The minimum absolute atomic E-state index is 0.273. The van der Waals surface area contributed by atoms with Crippen LogP contribution in [0.3, 0.4) is 0 Å². The van der Waals surface area contributed by atoms with Gasteiger partial charge in [-0.05, 0) is 37.5 Å². The van der Waals surface area contributed by atoms with Gasteiger partial charge in [-0.1, -0.05) is 20.3 Å². The molecule has 5 nitrogen and oxygen atoms in total. The van der Waals surface area contributed by atoms with Crippen molar-refractivity contribution in [1.29, 1.82) is 0 Å². The lowest BCUT2D eigenvalue weighted by atomic mass is 9.88. The second kappa shape index (κ2) is 6.57. The van der Waals surface area contributed by atoms with Crippen molar-refractivity contribution in [1.82, 2.24) is 15.1 Å².